The SMILES string of the molecule is Cc1ccc(-c2c(C)sc3nc(SCCC(=O)O)[nH]c(=O)c23)cc1. The minimum absolute atomic E-state index is 0.0322. The fourth-order valence-corrected chi connectivity index (χ4v) is 4.36. The maximum absolute atomic E-state index is 12.6. The highest BCUT2D eigenvalue weighted by Gasteiger charge is 2.16. The van der Waals surface area contributed by atoms with Crippen LogP contribution in [0.4, 0.5) is 0 Å². The Morgan fingerprint density at radius 2 is 2.00 bits per heavy atom. The summed E-state index contributed by atoms with van der Waals surface area (Å²) in [6.07, 6.45) is 0.0322. The Morgan fingerprint density at radius 3 is 2.67 bits per heavy atom. The molecule has 0 saturated heterocycles. The average Bonchev–Trinajstić information content (AvgIpc) is 2.84. The molecular formula is C17H16N2O3S2. The third kappa shape index (κ3) is 3.37. The predicted molar refractivity (Wildman–Crippen MR) is 98.1 cm³/mol. The number of thioether (sulfide) groups is 1. The molecule has 0 bridgehead atoms. The molecule has 0 aliphatic rings. The van der Waals surface area contributed by atoms with Crippen molar-refractivity contribution in [1.82, 2.24) is 9.97 Å². The van der Waals surface area contributed by atoms with E-state index in [0.717, 1.165) is 16.0 Å². The van der Waals surface area contributed by atoms with Crippen molar-refractivity contribution in [3.63, 3.8) is 0 Å². The number of aromatic nitrogens is 2. The standard InChI is InChI=1S/C17H16N2O3S2/c1-9-3-5-11(6-4-9)13-10(2)24-16-14(13)15(22)18-17(19-16)23-8-7-12(20)21/h3-6H,7-8H2,1-2H3,(H,20,21)(H,18,19,22). The van der Waals surface area contributed by atoms with Gasteiger partial charge in [-0.1, -0.05) is 41.6 Å². The molecule has 0 saturated carbocycles. The summed E-state index contributed by atoms with van der Waals surface area (Å²) in [4.78, 5) is 32.1. The fraction of sp³-hybridized carbons (Fsp3) is 0.235. The van der Waals surface area contributed by atoms with E-state index >= 15 is 0 Å². The normalized spacial score (nSPS) is 11.1. The summed E-state index contributed by atoms with van der Waals surface area (Å²) in [7, 11) is 0. The molecule has 124 valence electrons. The largest absolute Gasteiger partial charge is 0.481 e. The molecule has 1 aromatic carbocycles. The van der Waals surface area contributed by atoms with Gasteiger partial charge in [-0.05, 0) is 19.4 Å². The number of fused-ring (bicyclic) bond motifs is 1. The molecule has 0 aliphatic heterocycles. The molecule has 2 N–H and O–H groups in total. The number of hydrogen-bond donors (Lipinski definition) is 2. The van der Waals surface area contributed by atoms with E-state index in [-0.39, 0.29) is 12.0 Å². The first-order valence-corrected chi connectivity index (χ1v) is 9.21. The molecule has 0 radical (unpaired) electrons. The Balaban J connectivity index is 2.03. The van der Waals surface area contributed by atoms with Crippen LogP contribution in [0, 0.1) is 13.8 Å². The highest BCUT2D eigenvalue weighted by molar-refractivity contribution is 7.99. The fourth-order valence-electron chi connectivity index (χ4n) is 2.47. The first-order valence-electron chi connectivity index (χ1n) is 7.41. The second-order valence-corrected chi connectivity index (χ2v) is 7.73. The van der Waals surface area contributed by atoms with E-state index in [4.69, 9.17) is 5.11 Å². The summed E-state index contributed by atoms with van der Waals surface area (Å²) in [6, 6.07) is 8.07. The number of nitrogens with one attached hydrogen (secondary N) is 1. The van der Waals surface area contributed by atoms with Crippen LogP contribution in [-0.2, 0) is 4.79 Å². The van der Waals surface area contributed by atoms with E-state index in [2.05, 4.69) is 9.97 Å². The molecule has 0 atom stereocenters. The zero-order chi connectivity index (χ0) is 17.3. The number of thiophene rings is 1. The summed E-state index contributed by atoms with van der Waals surface area (Å²) >= 11 is 2.73. The van der Waals surface area contributed by atoms with Crippen LogP contribution in [-0.4, -0.2) is 26.8 Å². The van der Waals surface area contributed by atoms with Crippen LogP contribution in [0.5, 0.6) is 0 Å². The van der Waals surface area contributed by atoms with Crippen molar-refractivity contribution in [1.29, 1.82) is 0 Å². The highest BCUT2D eigenvalue weighted by Crippen LogP contribution is 2.36. The quantitative estimate of drug-likeness (QED) is 0.534. The summed E-state index contributed by atoms with van der Waals surface area (Å²) in [5, 5.41) is 9.76. The third-order valence-corrected chi connectivity index (χ3v) is 5.49. The van der Waals surface area contributed by atoms with Gasteiger partial charge in [-0.3, -0.25) is 9.59 Å². The lowest BCUT2D eigenvalue weighted by Gasteiger charge is -2.03. The number of hydrogen-bond acceptors (Lipinski definition) is 5. The first-order chi connectivity index (χ1) is 11.5. The van der Waals surface area contributed by atoms with Gasteiger partial charge in [-0.25, -0.2) is 4.98 Å². The lowest BCUT2D eigenvalue weighted by Crippen LogP contribution is -2.09. The van der Waals surface area contributed by atoms with E-state index in [9.17, 15) is 9.59 Å². The Labute approximate surface area is 146 Å². The predicted octanol–water partition coefficient (Wildman–Crippen LogP) is 3.84. The molecule has 2 heterocycles. The number of carbonyl (C=O) groups is 1. The molecule has 3 rings (SSSR count). The summed E-state index contributed by atoms with van der Waals surface area (Å²) < 4.78 is 0. The summed E-state index contributed by atoms with van der Waals surface area (Å²) in [6.45, 7) is 4.01. The lowest BCUT2D eigenvalue weighted by atomic mass is 10.0. The number of rotatable bonds is 5. The number of carboxylic acid groups (broad SMARTS) is 1. The third-order valence-electron chi connectivity index (χ3n) is 3.61. The zero-order valence-corrected chi connectivity index (χ0v) is 14.9. The monoisotopic (exact) mass is 360 g/mol. The van der Waals surface area contributed by atoms with Gasteiger partial charge < -0.3 is 10.1 Å². The lowest BCUT2D eigenvalue weighted by molar-refractivity contribution is -0.136. The Bertz CT molecular complexity index is 958. The zero-order valence-electron chi connectivity index (χ0n) is 13.3. The average molecular weight is 360 g/mol. The maximum atomic E-state index is 12.6. The molecule has 0 fully saturated rings. The van der Waals surface area contributed by atoms with Crippen molar-refractivity contribution in [3.8, 4) is 11.1 Å². The number of aryl methyl sites for hydroxylation is 2. The Kier molecular flexibility index (Phi) is 4.73. The molecule has 24 heavy (non-hydrogen) atoms. The van der Waals surface area contributed by atoms with Gasteiger partial charge in [0.25, 0.3) is 5.56 Å². The molecule has 0 unspecified atom stereocenters. The van der Waals surface area contributed by atoms with E-state index in [1.807, 2.05) is 38.1 Å². The van der Waals surface area contributed by atoms with Crippen LogP contribution in [0.3, 0.4) is 0 Å². The van der Waals surface area contributed by atoms with Crippen LogP contribution in [0.2, 0.25) is 0 Å². The highest BCUT2D eigenvalue weighted by atomic mass is 32.2. The van der Waals surface area contributed by atoms with Crippen LogP contribution in [0.25, 0.3) is 21.3 Å². The number of aliphatic carboxylic acids is 1. The van der Waals surface area contributed by atoms with E-state index in [1.54, 1.807) is 0 Å². The summed E-state index contributed by atoms with van der Waals surface area (Å²) in [5.41, 5.74) is 2.91. The number of aromatic amines is 1. The van der Waals surface area contributed by atoms with Gasteiger partial charge in [-0.2, -0.15) is 0 Å². The Morgan fingerprint density at radius 1 is 1.29 bits per heavy atom. The molecule has 3 aromatic rings. The van der Waals surface area contributed by atoms with Crippen molar-refractivity contribution in [2.24, 2.45) is 0 Å². The van der Waals surface area contributed by atoms with Crippen LogP contribution < -0.4 is 5.56 Å². The van der Waals surface area contributed by atoms with Gasteiger partial charge in [0.05, 0.1) is 11.8 Å². The molecular weight excluding hydrogens is 344 g/mol. The van der Waals surface area contributed by atoms with E-state index < -0.39 is 5.97 Å². The van der Waals surface area contributed by atoms with E-state index in [0.29, 0.717) is 21.1 Å². The van der Waals surface area contributed by atoms with Gasteiger partial charge >= 0.3 is 5.97 Å². The van der Waals surface area contributed by atoms with Gasteiger partial charge in [0.2, 0.25) is 0 Å². The first kappa shape index (κ1) is 16.7. The number of carboxylic acids is 1. The van der Waals surface area contributed by atoms with Gasteiger partial charge in [0.15, 0.2) is 5.16 Å². The summed E-state index contributed by atoms with van der Waals surface area (Å²) in [5.74, 6) is -0.488. The minimum atomic E-state index is -0.862. The molecule has 2 aromatic heterocycles. The van der Waals surface area contributed by atoms with Crippen molar-refractivity contribution in [2.45, 2.75) is 25.4 Å². The molecule has 0 amide bonds. The van der Waals surface area contributed by atoms with Gasteiger partial charge in [-0.15, -0.1) is 11.3 Å². The van der Waals surface area contributed by atoms with Gasteiger partial charge in [0, 0.05) is 16.2 Å². The maximum Gasteiger partial charge on any atom is 0.304 e. The van der Waals surface area contributed by atoms with E-state index in [1.165, 1.54) is 28.7 Å². The van der Waals surface area contributed by atoms with Gasteiger partial charge in [0.1, 0.15) is 4.83 Å². The van der Waals surface area contributed by atoms with Crippen molar-refractivity contribution in [3.05, 3.63) is 45.1 Å². The molecule has 5 nitrogen and oxygen atoms in total. The second kappa shape index (κ2) is 6.78. The number of H-pyrrole nitrogens is 1. The van der Waals surface area contributed by atoms with Crippen molar-refractivity contribution >= 4 is 39.3 Å². The second-order valence-electron chi connectivity index (χ2n) is 5.44. The van der Waals surface area contributed by atoms with Crippen LogP contribution in [0.15, 0.2) is 34.2 Å². The molecule has 0 spiro atoms. The topological polar surface area (TPSA) is 83.0 Å². The van der Waals surface area contributed by atoms with Crippen molar-refractivity contribution < 1.29 is 9.90 Å². The van der Waals surface area contributed by atoms with Crippen molar-refractivity contribution in [2.75, 3.05) is 5.75 Å². The smallest absolute Gasteiger partial charge is 0.304 e. The Hall–Kier alpha value is -2.12. The van der Waals surface area contributed by atoms with Crippen LogP contribution in [0.1, 0.15) is 16.9 Å². The number of nitrogens with zero attached hydrogens (tertiary/aromatic N) is 1. The van der Waals surface area contributed by atoms with Crippen LogP contribution >= 0.6 is 23.1 Å². The number of benzene rings is 1. The molecule has 7 heteroatoms. The minimum Gasteiger partial charge on any atom is -0.481 e. The molecule has 0 aliphatic carbocycles.